The Morgan fingerprint density at radius 3 is 1.97 bits per heavy atom. The molecule has 0 aliphatic rings. The topological polar surface area (TPSA) is 107 Å². The quantitative estimate of drug-likeness (QED) is 0.490. The first-order chi connectivity index (χ1) is 15.0. The standard InChI is InChI=1S/C26H40N2O5/c1-16(2)19(15-17(3)24(32)33)28(9)23(31)20(25(4,5)6)27-22(30)21(29)26(7,8)18-13-11-10-12-14-18/h10-16,19-21,29H,1-9H3,(H,27,30)(H,32,33)/b17-15+/t19-,20-,21+/m1/s1. The molecule has 1 rings (SSSR count). The van der Waals surface area contributed by atoms with Crippen molar-refractivity contribution in [2.75, 3.05) is 7.05 Å². The molecule has 0 unspecified atom stereocenters. The van der Waals surface area contributed by atoms with Gasteiger partial charge in [-0.25, -0.2) is 4.79 Å². The van der Waals surface area contributed by atoms with Crippen LogP contribution in [0.25, 0.3) is 0 Å². The first kappa shape index (κ1) is 28.4. The predicted octanol–water partition coefficient (Wildman–Crippen LogP) is 3.37. The van der Waals surface area contributed by atoms with E-state index >= 15 is 0 Å². The van der Waals surface area contributed by atoms with Crippen LogP contribution in [-0.2, 0) is 19.8 Å². The number of hydrogen-bond donors (Lipinski definition) is 3. The zero-order valence-electron chi connectivity index (χ0n) is 21.3. The number of carbonyl (C=O) groups is 3. The highest BCUT2D eigenvalue weighted by Crippen LogP contribution is 2.29. The maximum Gasteiger partial charge on any atom is 0.331 e. The van der Waals surface area contributed by atoms with E-state index in [0.29, 0.717) is 0 Å². The van der Waals surface area contributed by atoms with Crippen molar-refractivity contribution in [2.45, 2.75) is 79.0 Å². The molecule has 0 saturated carbocycles. The van der Waals surface area contributed by atoms with E-state index in [0.717, 1.165) is 5.56 Å². The molecule has 3 atom stereocenters. The average molecular weight is 461 g/mol. The molecule has 0 bridgehead atoms. The Hall–Kier alpha value is -2.67. The summed E-state index contributed by atoms with van der Waals surface area (Å²) in [6.45, 7) is 14.3. The van der Waals surface area contributed by atoms with Crippen molar-refractivity contribution in [1.29, 1.82) is 0 Å². The molecule has 33 heavy (non-hydrogen) atoms. The number of carbonyl (C=O) groups excluding carboxylic acids is 2. The number of carboxylic acids is 1. The van der Waals surface area contributed by atoms with Crippen molar-refractivity contribution in [2.24, 2.45) is 11.3 Å². The lowest BCUT2D eigenvalue weighted by atomic mass is 9.78. The molecule has 3 N–H and O–H groups in total. The second-order valence-corrected chi connectivity index (χ2v) is 10.6. The maximum atomic E-state index is 13.5. The minimum atomic E-state index is -1.38. The van der Waals surface area contributed by atoms with Crippen molar-refractivity contribution in [1.82, 2.24) is 10.2 Å². The van der Waals surface area contributed by atoms with Gasteiger partial charge >= 0.3 is 5.97 Å². The smallest absolute Gasteiger partial charge is 0.331 e. The van der Waals surface area contributed by atoms with Crippen LogP contribution in [0.5, 0.6) is 0 Å². The number of aliphatic carboxylic acids is 1. The molecule has 7 nitrogen and oxygen atoms in total. The van der Waals surface area contributed by atoms with Gasteiger partial charge in [0.25, 0.3) is 0 Å². The first-order valence-electron chi connectivity index (χ1n) is 11.2. The number of carboxylic acid groups (broad SMARTS) is 1. The van der Waals surface area contributed by atoms with Crippen LogP contribution in [0.4, 0.5) is 0 Å². The highest BCUT2D eigenvalue weighted by atomic mass is 16.4. The molecule has 1 aromatic rings. The fourth-order valence-corrected chi connectivity index (χ4v) is 3.65. The Balaban J connectivity index is 3.22. The fourth-order valence-electron chi connectivity index (χ4n) is 3.65. The van der Waals surface area contributed by atoms with Gasteiger partial charge in [-0.15, -0.1) is 0 Å². The summed E-state index contributed by atoms with van der Waals surface area (Å²) < 4.78 is 0. The summed E-state index contributed by atoms with van der Waals surface area (Å²) in [6.07, 6.45) is 0.178. The van der Waals surface area contributed by atoms with Crippen molar-refractivity contribution < 1.29 is 24.6 Å². The molecule has 0 saturated heterocycles. The predicted molar refractivity (Wildman–Crippen MR) is 130 cm³/mol. The van der Waals surface area contributed by atoms with Crippen LogP contribution in [0.1, 0.15) is 61.0 Å². The molecule has 0 spiro atoms. The molecule has 0 aromatic heterocycles. The molecular formula is C26H40N2O5. The summed E-state index contributed by atoms with van der Waals surface area (Å²) in [5.41, 5.74) is -0.572. The number of nitrogens with zero attached hydrogens (tertiary/aromatic N) is 1. The fraction of sp³-hybridized carbons (Fsp3) is 0.577. The van der Waals surface area contributed by atoms with Gasteiger partial charge in [-0.1, -0.05) is 84.9 Å². The van der Waals surface area contributed by atoms with E-state index in [1.54, 1.807) is 27.0 Å². The Kier molecular flexibility index (Phi) is 9.43. The van der Waals surface area contributed by atoms with E-state index in [1.807, 2.05) is 65.0 Å². The number of likely N-dealkylation sites (N-methyl/N-ethyl adjacent to an activating group) is 1. The summed E-state index contributed by atoms with van der Waals surface area (Å²) in [7, 11) is 1.61. The van der Waals surface area contributed by atoms with Crippen LogP contribution >= 0.6 is 0 Å². The molecular weight excluding hydrogens is 420 g/mol. The van der Waals surface area contributed by atoms with Crippen LogP contribution in [0.15, 0.2) is 42.0 Å². The van der Waals surface area contributed by atoms with Crippen molar-refractivity contribution >= 4 is 17.8 Å². The lowest BCUT2D eigenvalue weighted by Crippen LogP contribution is -2.59. The first-order valence-corrected chi connectivity index (χ1v) is 11.2. The maximum absolute atomic E-state index is 13.5. The van der Waals surface area contributed by atoms with E-state index < -0.39 is 40.9 Å². The highest BCUT2D eigenvalue weighted by molar-refractivity contribution is 5.91. The van der Waals surface area contributed by atoms with Gasteiger partial charge in [0.2, 0.25) is 11.8 Å². The van der Waals surface area contributed by atoms with Crippen molar-refractivity contribution in [3.8, 4) is 0 Å². The zero-order chi connectivity index (χ0) is 25.7. The lowest BCUT2D eigenvalue weighted by molar-refractivity contribution is -0.143. The summed E-state index contributed by atoms with van der Waals surface area (Å²) in [5.74, 6) is -2.08. The largest absolute Gasteiger partial charge is 0.478 e. The van der Waals surface area contributed by atoms with Gasteiger partial charge in [0.15, 0.2) is 0 Å². The van der Waals surface area contributed by atoms with E-state index in [-0.39, 0.29) is 17.4 Å². The third kappa shape index (κ3) is 7.16. The Morgan fingerprint density at radius 1 is 1.03 bits per heavy atom. The Morgan fingerprint density at radius 2 is 1.55 bits per heavy atom. The van der Waals surface area contributed by atoms with E-state index in [4.69, 9.17) is 0 Å². The van der Waals surface area contributed by atoms with Crippen LogP contribution in [0.2, 0.25) is 0 Å². The molecule has 0 aliphatic heterocycles. The number of amides is 2. The Bertz CT molecular complexity index is 868. The monoisotopic (exact) mass is 460 g/mol. The number of aliphatic hydroxyl groups is 1. The minimum Gasteiger partial charge on any atom is -0.478 e. The second kappa shape index (κ2) is 11.0. The number of nitrogens with one attached hydrogen (secondary N) is 1. The lowest BCUT2D eigenvalue weighted by Gasteiger charge is -2.39. The summed E-state index contributed by atoms with van der Waals surface area (Å²) in [5, 5.41) is 22.9. The summed E-state index contributed by atoms with van der Waals surface area (Å²) in [6, 6.07) is 7.86. The van der Waals surface area contributed by atoms with Gasteiger partial charge in [-0.3, -0.25) is 9.59 Å². The third-order valence-electron chi connectivity index (χ3n) is 6.09. The Labute approximate surface area is 197 Å². The molecule has 1 aromatic carbocycles. The summed E-state index contributed by atoms with van der Waals surface area (Å²) >= 11 is 0. The molecule has 0 radical (unpaired) electrons. The van der Waals surface area contributed by atoms with Crippen LogP contribution in [0, 0.1) is 11.3 Å². The van der Waals surface area contributed by atoms with Crippen molar-refractivity contribution in [3.05, 3.63) is 47.5 Å². The highest BCUT2D eigenvalue weighted by Gasteiger charge is 2.41. The van der Waals surface area contributed by atoms with E-state index in [2.05, 4.69) is 5.32 Å². The minimum absolute atomic E-state index is 0.0489. The molecule has 0 heterocycles. The number of rotatable bonds is 9. The van der Waals surface area contributed by atoms with Crippen LogP contribution in [0.3, 0.4) is 0 Å². The number of aliphatic hydroxyl groups excluding tert-OH is 1. The van der Waals surface area contributed by atoms with E-state index in [9.17, 15) is 24.6 Å². The number of benzene rings is 1. The van der Waals surface area contributed by atoms with Crippen LogP contribution < -0.4 is 5.32 Å². The molecule has 7 heteroatoms. The normalized spacial score (nSPS) is 15.5. The molecule has 184 valence electrons. The molecule has 0 aliphatic carbocycles. The van der Waals surface area contributed by atoms with Gasteiger partial charge in [0.05, 0.1) is 6.04 Å². The summed E-state index contributed by atoms with van der Waals surface area (Å²) in [4.78, 5) is 39.4. The van der Waals surface area contributed by atoms with Gasteiger partial charge in [-0.05, 0) is 23.8 Å². The molecule has 0 fully saturated rings. The van der Waals surface area contributed by atoms with Gasteiger partial charge in [0, 0.05) is 18.0 Å². The number of hydrogen-bond acceptors (Lipinski definition) is 4. The molecule has 2 amide bonds. The van der Waals surface area contributed by atoms with Gasteiger partial charge in [-0.2, -0.15) is 0 Å². The van der Waals surface area contributed by atoms with Gasteiger partial charge < -0.3 is 20.4 Å². The van der Waals surface area contributed by atoms with E-state index in [1.165, 1.54) is 11.8 Å². The SMILES string of the molecule is C/C(=C\[C@H](C(C)C)N(C)C(=O)[C@@H](NC(=O)[C@H](O)C(C)(C)c1ccccc1)C(C)(C)C)C(=O)O. The second-order valence-electron chi connectivity index (χ2n) is 10.6. The average Bonchev–Trinajstić information content (AvgIpc) is 2.73. The van der Waals surface area contributed by atoms with Crippen molar-refractivity contribution in [3.63, 3.8) is 0 Å². The third-order valence-corrected chi connectivity index (χ3v) is 6.09. The zero-order valence-corrected chi connectivity index (χ0v) is 21.3. The van der Waals surface area contributed by atoms with Crippen LogP contribution in [-0.4, -0.2) is 58.1 Å². The van der Waals surface area contributed by atoms with Gasteiger partial charge in [0.1, 0.15) is 12.1 Å².